The third-order valence-electron chi connectivity index (χ3n) is 3.27. The first-order valence-corrected chi connectivity index (χ1v) is 6.28. The average Bonchev–Trinajstić information content (AvgIpc) is 3.18. The molecule has 8 heteroatoms. The maximum absolute atomic E-state index is 12.5. The van der Waals surface area contributed by atoms with Gasteiger partial charge in [0.15, 0.2) is 0 Å². The van der Waals surface area contributed by atoms with E-state index in [1.165, 1.54) is 6.92 Å². The number of nitrogens with zero attached hydrogens (tertiary/aromatic N) is 1. The SMILES string of the molecule is Cc1nc(C(F)(F)F)ccc1C(=O)NC(C(=O)O)C1CC1. The smallest absolute Gasteiger partial charge is 0.433 e. The fourth-order valence-corrected chi connectivity index (χ4v) is 1.99. The monoisotopic (exact) mass is 302 g/mol. The van der Waals surface area contributed by atoms with Gasteiger partial charge in [0.2, 0.25) is 0 Å². The van der Waals surface area contributed by atoms with E-state index in [2.05, 4.69) is 10.3 Å². The summed E-state index contributed by atoms with van der Waals surface area (Å²) in [4.78, 5) is 26.4. The summed E-state index contributed by atoms with van der Waals surface area (Å²) in [6.07, 6.45) is -3.17. The van der Waals surface area contributed by atoms with E-state index < -0.39 is 29.8 Å². The number of carboxylic acids is 1. The highest BCUT2D eigenvalue weighted by molar-refractivity contribution is 5.97. The van der Waals surface area contributed by atoms with Gasteiger partial charge in [0.1, 0.15) is 11.7 Å². The molecule has 1 aliphatic rings. The van der Waals surface area contributed by atoms with E-state index in [1.54, 1.807) is 0 Å². The molecule has 1 aromatic heterocycles. The van der Waals surface area contributed by atoms with Crippen molar-refractivity contribution >= 4 is 11.9 Å². The molecule has 0 aliphatic heterocycles. The van der Waals surface area contributed by atoms with E-state index in [1.807, 2.05) is 0 Å². The Kier molecular flexibility index (Phi) is 3.89. The second-order valence-electron chi connectivity index (χ2n) is 4.95. The Labute approximate surface area is 118 Å². The standard InChI is InChI=1S/C13H13F3N2O3/c1-6-8(4-5-9(17-6)13(14,15)16)11(19)18-10(12(20)21)7-2-3-7/h4-5,7,10H,2-3H2,1H3,(H,18,19)(H,20,21). The molecule has 0 radical (unpaired) electrons. The Morgan fingerprint density at radius 3 is 2.43 bits per heavy atom. The number of halogens is 3. The molecule has 1 amide bonds. The summed E-state index contributed by atoms with van der Waals surface area (Å²) in [6, 6.07) is 0.695. The van der Waals surface area contributed by atoms with Crippen LogP contribution in [0.5, 0.6) is 0 Å². The third-order valence-corrected chi connectivity index (χ3v) is 3.27. The first-order valence-electron chi connectivity index (χ1n) is 6.28. The van der Waals surface area contributed by atoms with Gasteiger partial charge in [-0.15, -0.1) is 0 Å². The number of alkyl halides is 3. The van der Waals surface area contributed by atoms with Crippen molar-refractivity contribution in [2.45, 2.75) is 32.0 Å². The first-order chi connectivity index (χ1) is 9.70. The summed E-state index contributed by atoms with van der Waals surface area (Å²) in [5.41, 5.74) is -1.24. The number of aryl methyl sites for hydroxylation is 1. The molecular formula is C13H13F3N2O3. The topological polar surface area (TPSA) is 79.3 Å². The molecule has 1 atom stereocenters. The van der Waals surface area contributed by atoms with Crippen LogP contribution in [0.2, 0.25) is 0 Å². The van der Waals surface area contributed by atoms with Crippen LogP contribution in [0, 0.1) is 12.8 Å². The second-order valence-corrected chi connectivity index (χ2v) is 4.95. The number of carbonyl (C=O) groups is 2. The molecule has 5 nitrogen and oxygen atoms in total. The Bertz CT molecular complexity index is 583. The molecule has 1 saturated carbocycles. The maximum atomic E-state index is 12.5. The van der Waals surface area contributed by atoms with Gasteiger partial charge in [0.05, 0.1) is 11.3 Å². The second kappa shape index (κ2) is 5.34. The zero-order valence-corrected chi connectivity index (χ0v) is 11.1. The molecule has 1 aliphatic carbocycles. The summed E-state index contributed by atoms with van der Waals surface area (Å²) in [7, 11) is 0. The lowest BCUT2D eigenvalue weighted by Crippen LogP contribution is -2.42. The normalized spacial score (nSPS) is 16.4. The predicted octanol–water partition coefficient (Wildman–Crippen LogP) is 2.00. The highest BCUT2D eigenvalue weighted by atomic mass is 19.4. The average molecular weight is 302 g/mol. The van der Waals surface area contributed by atoms with Crippen LogP contribution >= 0.6 is 0 Å². The first kappa shape index (κ1) is 15.3. The molecule has 0 aromatic carbocycles. The van der Waals surface area contributed by atoms with Crippen LogP contribution in [0.4, 0.5) is 13.2 Å². The zero-order valence-electron chi connectivity index (χ0n) is 11.1. The number of rotatable bonds is 4. The Balaban J connectivity index is 2.17. The van der Waals surface area contributed by atoms with Crippen molar-refractivity contribution in [3.8, 4) is 0 Å². The van der Waals surface area contributed by atoms with Gasteiger partial charge in [-0.1, -0.05) is 0 Å². The summed E-state index contributed by atoms with van der Waals surface area (Å²) in [5.74, 6) is -1.99. The van der Waals surface area contributed by atoms with Crippen molar-refractivity contribution < 1.29 is 27.9 Å². The minimum absolute atomic E-state index is 0.0603. The summed E-state index contributed by atoms with van der Waals surface area (Å²) >= 11 is 0. The van der Waals surface area contributed by atoms with Crippen LogP contribution in [0.1, 0.15) is 34.6 Å². The molecule has 1 fully saturated rings. The van der Waals surface area contributed by atoms with Gasteiger partial charge in [0.25, 0.3) is 5.91 Å². The van der Waals surface area contributed by atoms with Gasteiger partial charge in [-0.25, -0.2) is 9.78 Å². The largest absolute Gasteiger partial charge is 0.480 e. The third kappa shape index (κ3) is 3.50. The molecule has 21 heavy (non-hydrogen) atoms. The number of aromatic nitrogens is 1. The Morgan fingerprint density at radius 2 is 2.00 bits per heavy atom. The lowest BCUT2D eigenvalue weighted by atomic mass is 10.1. The van der Waals surface area contributed by atoms with Crippen molar-refractivity contribution in [2.75, 3.05) is 0 Å². The number of hydrogen-bond acceptors (Lipinski definition) is 3. The summed E-state index contributed by atoms with van der Waals surface area (Å²) in [5, 5.41) is 11.4. The van der Waals surface area contributed by atoms with Gasteiger partial charge in [-0.05, 0) is 37.8 Å². The van der Waals surface area contributed by atoms with Crippen LogP contribution in [-0.2, 0) is 11.0 Å². The molecule has 1 aromatic rings. The Morgan fingerprint density at radius 1 is 1.38 bits per heavy atom. The van der Waals surface area contributed by atoms with E-state index in [4.69, 9.17) is 5.11 Å². The van der Waals surface area contributed by atoms with Gasteiger partial charge in [-0.2, -0.15) is 13.2 Å². The molecule has 1 unspecified atom stereocenters. The number of aliphatic carboxylic acids is 1. The number of amides is 1. The van der Waals surface area contributed by atoms with Crippen LogP contribution in [0.3, 0.4) is 0 Å². The fourth-order valence-electron chi connectivity index (χ4n) is 1.99. The molecule has 0 saturated heterocycles. The number of carbonyl (C=O) groups excluding carboxylic acids is 1. The van der Waals surface area contributed by atoms with E-state index >= 15 is 0 Å². The number of pyridine rings is 1. The number of hydrogen-bond donors (Lipinski definition) is 2. The van der Waals surface area contributed by atoms with E-state index in [-0.39, 0.29) is 17.2 Å². The molecule has 114 valence electrons. The van der Waals surface area contributed by atoms with Gasteiger partial charge in [-0.3, -0.25) is 4.79 Å². The van der Waals surface area contributed by atoms with Gasteiger partial charge < -0.3 is 10.4 Å². The van der Waals surface area contributed by atoms with Crippen LogP contribution < -0.4 is 5.32 Å². The van der Waals surface area contributed by atoms with Crippen molar-refractivity contribution in [1.82, 2.24) is 10.3 Å². The van der Waals surface area contributed by atoms with E-state index in [0.29, 0.717) is 18.9 Å². The van der Waals surface area contributed by atoms with E-state index in [9.17, 15) is 22.8 Å². The molecular weight excluding hydrogens is 289 g/mol. The molecule has 1 heterocycles. The Hall–Kier alpha value is -2.12. The number of nitrogens with one attached hydrogen (secondary N) is 1. The highest BCUT2D eigenvalue weighted by Gasteiger charge is 2.38. The van der Waals surface area contributed by atoms with Crippen LogP contribution in [0.15, 0.2) is 12.1 Å². The van der Waals surface area contributed by atoms with Gasteiger partial charge >= 0.3 is 12.1 Å². The quantitative estimate of drug-likeness (QED) is 0.891. The lowest BCUT2D eigenvalue weighted by molar-refractivity contribution is -0.141. The fraction of sp³-hybridized carbons (Fsp3) is 0.462. The van der Waals surface area contributed by atoms with Crippen LogP contribution in [-0.4, -0.2) is 28.0 Å². The highest BCUT2D eigenvalue weighted by Crippen LogP contribution is 2.33. The number of carboxylic acid groups (broad SMARTS) is 1. The molecule has 2 rings (SSSR count). The molecule has 0 spiro atoms. The van der Waals surface area contributed by atoms with Crippen LogP contribution in [0.25, 0.3) is 0 Å². The molecule has 2 N–H and O–H groups in total. The van der Waals surface area contributed by atoms with Crippen molar-refractivity contribution in [1.29, 1.82) is 0 Å². The van der Waals surface area contributed by atoms with Crippen molar-refractivity contribution in [3.05, 3.63) is 29.1 Å². The van der Waals surface area contributed by atoms with Crippen molar-refractivity contribution in [3.63, 3.8) is 0 Å². The van der Waals surface area contributed by atoms with Gasteiger partial charge in [0, 0.05) is 0 Å². The lowest BCUT2D eigenvalue weighted by Gasteiger charge is -2.15. The minimum Gasteiger partial charge on any atom is -0.480 e. The van der Waals surface area contributed by atoms with E-state index in [0.717, 1.165) is 6.07 Å². The predicted molar refractivity (Wildman–Crippen MR) is 65.6 cm³/mol. The van der Waals surface area contributed by atoms with Crippen molar-refractivity contribution in [2.24, 2.45) is 5.92 Å². The summed E-state index contributed by atoms with van der Waals surface area (Å²) in [6.45, 7) is 1.27. The minimum atomic E-state index is -4.59. The maximum Gasteiger partial charge on any atom is 0.433 e. The summed E-state index contributed by atoms with van der Waals surface area (Å²) < 4.78 is 37.5. The molecule has 0 bridgehead atoms. The zero-order chi connectivity index (χ0) is 15.8.